The topological polar surface area (TPSA) is 66.2 Å². The van der Waals surface area contributed by atoms with Crippen molar-refractivity contribution in [3.8, 4) is 0 Å². The molecule has 0 bridgehead atoms. The third kappa shape index (κ3) is 6.56. The van der Waals surface area contributed by atoms with Crippen molar-refractivity contribution in [2.24, 2.45) is 0 Å². The SMILES string of the molecule is OC(CC(O)c1cc(C(F)(F)F)cc(C(F)(F)F)c1)c1cnc(C(F)(F)F)nc1.[Cu]. The second-order valence-corrected chi connectivity index (χ2v) is 5.94. The largest absolute Gasteiger partial charge is 0.451 e. The molecule has 0 saturated heterocycles. The van der Waals surface area contributed by atoms with Gasteiger partial charge in [-0.15, -0.1) is 0 Å². The van der Waals surface area contributed by atoms with Gasteiger partial charge in [-0.25, -0.2) is 9.97 Å². The van der Waals surface area contributed by atoms with Gasteiger partial charge in [-0.2, -0.15) is 39.5 Å². The van der Waals surface area contributed by atoms with Crippen molar-refractivity contribution in [1.82, 2.24) is 9.97 Å². The maximum Gasteiger partial charge on any atom is 0.451 e. The van der Waals surface area contributed by atoms with Gasteiger partial charge in [0, 0.05) is 41.4 Å². The molecule has 30 heavy (non-hydrogen) atoms. The normalized spacial score (nSPS) is 14.8. The van der Waals surface area contributed by atoms with E-state index in [9.17, 15) is 49.7 Å². The molecule has 14 heteroatoms. The molecule has 1 heterocycles. The second-order valence-electron chi connectivity index (χ2n) is 5.94. The zero-order chi connectivity index (χ0) is 22.2. The van der Waals surface area contributed by atoms with Gasteiger partial charge in [-0.1, -0.05) is 0 Å². The minimum Gasteiger partial charge on any atom is -0.388 e. The summed E-state index contributed by atoms with van der Waals surface area (Å²) >= 11 is 0. The number of nitrogens with zero attached hydrogens (tertiary/aromatic N) is 2. The van der Waals surface area contributed by atoms with Crippen molar-refractivity contribution in [2.75, 3.05) is 0 Å². The Morgan fingerprint density at radius 1 is 0.667 bits per heavy atom. The van der Waals surface area contributed by atoms with Gasteiger partial charge in [0.1, 0.15) is 0 Å². The van der Waals surface area contributed by atoms with Crippen LogP contribution in [0.25, 0.3) is 0 Å². The number of hydrogen-bond donors (Lipinski definition) is 2. The molecule has 0 aliphatic heterocycles. The summed E-state index contributed by atoms with van der Waals surface area (Å²) in [5, 5.41) is 19.9. The van der Waals surface area contributed by atoms with Gasteiger partial charge >= 0.3 is 18.5 Å². The van der Waals surface area contributed by atoms with Crippen LogP contribution in [0.1, 0.15) is 46.7 Å². The molecule has 0 saturated carbocycles. The molecule has 171 valence electrons. The Balaban J connectivity index is 0.00000450. The van der Waals surface area contributed by atoms with Gasteiger partial charge in [-0.3, -0.25) is 0 Å². The standard InChI is InChI=1S/C16H11F9N2O2.Cu/c17-14(18,19)9-1-7(2-10(3-9)15(20,21)22)11(28)4-12(29)8-5-26-13(27-6-8)16(23,24)25;/h1-3,5-6,11-12,28-29H,4H2;. The van der Waals surface area contributed by atoms with Crippen LogP contribution >= 0.6 is 0 Å². The van der Waals surface area contributed by atoms with Crippen LogP contribution in [0.4, 0.5) is 39.5 Å². The van der Waals surface area contributed by atoms with Gasteiger partial charge in [0.25, 0.3) is 0 Å². The summed E-state index contributed by atoms with van der Waals surface area (Å²) in [5.41, 5.74) is -4.42. The van der Waals surface area contributed by atoms with Crippen molar-refractivity contribution in [2.45, 2.75) is 37.2 Å². The first-order chi connectivity index (χ1) is 13.1. The smallest absolute Gasteiger partial charge is 0.388 e. The summed E-state index contributed by atoms with van der Waals surface area (Å²) < 4.78 is 114. The zero-order valence-electron chi connectivity index (χ0n) is 14.2. The third-order valence-corrected chi connectivity index (χ3v) is 3.75. The van der Waals surface area contributed by atoms with Crippen molar-refractivity contribution < 1.29 is 66.8 Å². The van der Waals surface area contributed by atoms with Crippen LogP contribution in [-0.2, 0) is 35.6 Å². The van der Waals surface area contributed by atoms with Gasteiger partial charge in [0.05, 0.1) is 23.3 Å². The number of benzene rings is 1. The Bertz CT molecular complexity index is 820. The predicted octanol–water partition coefficient (Wildman–Crippen LogP) is 4.69. The number of aliphatic hydroxyl groups is 2. The predicted molar refractivity (Wildman–Crippen MR) is 78.0 cm³/mol. The second kappa shape index (κ2) is 9.08. The average molecular weight is 498 g/mol. The van der Waals surface area contributed by atoms with Gasteiger partial charge in [0.15, 0.2) is 0 Å². The fourth-order valence-electron chi connectivity index (χ4n) is 2.31. The molecule has 2 atom stereocenters. The number of aliphatic hydroxyl groups excluding tert-OH is 2. The molecule has 2 unspecified atom stereocenters. The van der Waals surface area contributed by atoms with Gasteiger partial charge < -0.3 is 10.2 Å². The average Bonchev–Trinajstić information content (AvgIpc) is 2.59. The minimum absolute atomic E-state index is 0. The van der Waals surface area contributed by atoms with E-state index in [1.807, 2.05) is 0 Å². The van der Waals surface area contributed by atoms with Gasteiger partial charge in [0.2, 0.25) is 5.82 Å². The Labute approximate surface area is 173 Å². The summed E-state index contributed by atoms with van der Waals surface area (Å²) in [6, 6.07) is 0.447. The van der Waals surface area contributed by atoms with Crippen molar-refractivity contribution >= 4 is 0 Å². The number of hydrogen-bond acceptors (Lipinski definition) is 4. The summed E-state index contributed by atoms with van der Waals surface area (Å²) in [6.07, 6.45) is -18.5. The molecule has 2 N–H and O–H groups in total. The molecular formula is C16H11CuF9N2O2. The molecule has 0 amide bonds. The first-order valence-electron chi connectivity index (χ1n) is 7.63. The molecule has 0 aliphatic rings. The Hall–Kier alpha value is -1.89. The van der Waals surface area contributed by atoms with Crippen molar-refractivity contribution in [3.05, 3.63) is 58.7 Å². The van der Waals surface area contributed by atoms with Crippen LogP contribution < -0.4 is 0 Å². The number of rotatable bonds is 4. The van der Waals surface area contributed by atoms with E-state index in [4.69, 9.17) is 0 Å². The fourth-order valence-corrected chi connectivity index (χ4v) is 2.31. The first-order valence-corrected chi connectivity index (χ1v) is 7.63. The minimum atomic E-state index is -5.13. The van der Waals surface area contributed by atoms with Crippen LogP contribution in [-0.4, -0.2) is 20.2 Å². The number of halogens is 9. The molecule has 0 fully saturated rings. The molecular weight excluding hydrogens is 487 g/mol. The Morgan fingerprint density at radius 2 is 1.07 bits per heavy atom. The molecule has 0 spiro atoms. The van der Waals surface area contributed by atoms with Crippen LogP contribution in [0.15, 0.2) is 30.6 Å². The molecule has 1 aromatic heterocycles. The van der Waals surface area contributed by atoms with Crippen molar-refractivity contribution in [1.29, 1.82) is 0 Å². The molecule has 1 aromatic carbocycles. The summed E-state index contributed by atoms with van der Waals surface area (Å²) in [5.74, 6) is -1.51. The number of alkyl halides is 9. The molecule has 4 nitrogen and oxygen atoms in total. The van der Waals surface area contributed by atoms with Crippen LogP contribution in [0.3, 0.4) is 0 Å². The molecule has 2 aromatic rings. The summed E-state index contributed by atoms with van der Waals surface area (Å²) in [7, 11) is 0. The van der Waals surface area contributed by atoms with E-state index in [0.29, 0.717) is 12.4 Å². The van der Waals surface area contributed by atoms with Crippen LogP contribution in [0.5, 0.6) is 0 Å². The van der Waals surface area contributed by atoms with E-state index in [2.05, 4.69) is 9.97 Å². The first kappa shape index (κ1) is 26.1. The fraction of sp³-hybridized carbons (Fsp3) is 0.375. The quantitative estimate of drug-likeness (QED) is 0.475. The van der Waals surface area contributed by atoms with E-state index >= 15 is 0 Å². The number of aromatic nitrogens is 2. The van der Waals surface area contributed by atoms with Crippen LogP contribution in [0.2, 0.25) is 0 Å². The van der Waals surface area contributed by atoms with Crippen LogP contribution in [0, 0.1) is 0 Å². The van der Waals surface area contributed by atoms with Crippen molar-refractivity contribution in [3.63, 3.8) is 0 Å². The van der Waals surface area contributed by atoms with E-state index in [1.165, 1.54) is 0 Å². The van der Waals surface area contributed by atoms with E-state index in [-0.39, 0.29) is 40.8 Å². The maximum absolute atomic E-state index is 12.9. The molecule has 0 aliphatic carbocycles. The zero-order valence-corrected chi connectivity index (χ0v) is 15.2. The summed E-state index contributed by atoms with van der Waals surface area (Å²) in [4.78, 5) is 5.94. The third-order valence-electron chi connectivity index (χ3n) is 3.75. The maximum atomic E-state index is 12.9. The van der Waals surface area contributed by atoms with E-state index in [1.54, 1.807) is 0 Å². The molecule has 2 rings (SSSR count). The van der Waals surface area contributed by atoms with E-state index in [0.717, 1.165) is 0 Å². The Morgan fingerprint density at radius 3 is 1.43 bits per heavy atom. The summed E-state index contributed by atoms with van der Waals surface area (Å²) in [6.45, 7) is 0. The Kier molecular flexibility index (Phi) is 7.91. The molecule has 1 radical (unpaired) electrons. The van der Waals surface area contributed by atoms with Gasteiger partial charge in [-0.05, 0) is 23.8 Å². The van der Waals surface area contributed by atoms with E-state index < -0.39 is 59.7 Å². The monoisotopic (exact) mass is 497 g/mol.